The molecule has 1 rings (SSSR count). The largest absolute Gasteiger partial charge is 0.507 e. The highest BCUT2D eigenvalue weighted by atomic mass is 32.2. The molecule has 0 aliphatic carbocycles. The Morgan fingerprint density at radius 1 is 1.40 bits per heavy atom. The van der Waals surface area contributed by atoms with Crippen molar-refractivity contribution in [3.8, 4) is 5.75 Å². The number of aromatic hydroxyl groups is 1. The fourth-order valence-electron chi connectivity index (χ4n) is 0.903. The van der Waals surface area contributed by atoms with Crippen LogP contribution < -0.4 is 0 Å². The molecule has 0 unspecified atom stereocenters. The minimum atomic E-state index is 0.382. The molecule has 1 nitrogen and oxygen atoms in total. The molecule has 0 amide bonds. The summed E-state index contributed by atoms with van der Waals surface area (Å²) in [6.45, 7) is 1.99. The van der Waals surface area contributed by atoms with Gasteiger partial charge >= 0.3 is 0 Å². The predicted octanol–water partition coefficient (Wildman–Crippen LogP) is 2.42. The standard InChI is InChI=1S/C8H10OS/c1-6-4-3-5-7(9)8(6)10-2/h3-5,9H,1-2H3. The van der Waals surface area contributed by atoms with Crippen LogP contribution in [-0.4, -0.2) is 11.4 Å². The van der Waals surface area contributed by atoms with Crippen LogP contribution in [0.4, 0.5) is 0 Å². The molecule has 0 radical (unpaired) electrons. The highest BCUT2D eigenvalue weighted by molar-refractivity contribution is 7.98. The van der Waals surface area contributed by atoms with Crippen LogP contribution in [0.3, 0.4) is 0 Å². The van der Waals surface area contributed by atoms with E-state index in [0.29, 0.717) is 5.75 Å². The third-order valence-corrected chi connectivity index (χ3v) is 2.33. The molecule has 10 heavy (non-hydrogen) atoms. The summed E-state index contributed by atoms with van der Waals surface area (Å²) in [6, 6.07) is 5.55. The number of phenolic OH excluding ortho intramolecular Hbond substituents is 1. The van der Waals surface area contributed by atoms with Crippen LogP contribution in [-0.2, 0) is 0 Å². The fraction of sp³-hybridized carbons (Fsp3) is 0.250. The molecule has 0 saturated carbocycles. The highest BCUT2D eigenvalue weighted by Crippen LogP contribution is 2.28. The number of aryl methyl sites for hydroxylation is 1. The van der Waals surface area contributed by atoms with E-state index in [1.807, 2.05) is 25.3 Å². The second-order valence-electron chi connectivity index (χ2n) is 2.13. The molecule has 1 aromatic carbocycles. The Balaban J connectivity index is 3.17. The van der Waals surface area contributed by atoms with Crippen molar-refractivity contribution in [3.63, 3.8) is 0 Å². The number of hydrogen-bond donors (Lipinski definition) is 1. The molecule has 0 bridgehead atoms. The van der Waals surface area contributed by atoms with Crippen molar-refractivity contribution in [2.75, 3.05) is 6.26 Å². The van der Waals surface area contributed by atoms with Crippen LogP contribution in [0.1, 0.15) is 5.56 Å². The Bertz CT molecular complexity index is 212. The maximum absolute atomic E-state index is 9.27. The van der Waals surface area contributed by atoms with Crippen LogP contribution in [0.25, 0.3) is 0 Å². The quantitative estimate of drug-likeness (QED) is 0.627. The fourth-order valence-corrected chi connectivity index (χ4v) is 1.57. The van der Waals surface area contributed by atoms with Gasteiger partial charge < -0.3 is 5.11 Å². The van der Waals surface area contributed by atoms with E-state index in [1.54, 1.807) is 17.8 Å². The summed E-state index contributed by atoms with van der Waals surface area (Å²) < 4.78 is 0. The van der Waals surface area contributed by atoms with Crippen molar-refractivity contribution in [2.24, 2.45) is 0 Å². The van der Waals surface area contributed by atoms with E-state index in [9.17, 15) is 5.11 Å². The Morgan fingerprint density at radius 2 is 2.10 bits per heavy atom. The van der Waals surface area contributed by atoms with E-state index >= 15 is 0 Å². The number of phenols is 1. The van der Waals surface area contributed by atoms with Crippen molar-refractivity contribution >= 4 is 11.8 Å². The molecular weight excluding hydrogens is 144 g/mol. The molecule has 2 heteroatoms. The molecular formula is C8H10OS. The minimum absolute atomic E-state index is 0.382. The Morgan fingerprint density at radius 3 is 2.50 bits per heavy atom. The third kappa shape index (κ3) is 1.27. The summed E-state index contributed by atoms with van der Waals surface area (Å²) >= 11 is 1.57. The maximum atomic E-state index is 9.27. The second-order valence-corrected chi connectivity index (χ2v) is 2.94. The van der Waals surface area contributed by atoms with Gasteiger partial charge in [0.25, 0.3) is 0 Å². The molecule has 1 aromatic rings. The minimum Gasteiger partial charge on any atom is -0.507 e. The Hall–Kier alpha value is -0.630. The molecule has 0 aliphatic rings. The van der Waals surface area contributed by atoms with Gasteiger partial charge in [0.2, 0.25) is 0 Å². The van der Waals surface area contributed by atoms with E-state index in [1.165, 1.54) is 0 Å². The average Bonchev–Trinajstić information content (AvgIpc) is 1.88. The summed E-state index contributed by atoms with van der Waals surface area (Å²) in [7, 11) is 0. The number of benzene rings is 1. The van der Waals surface area contributed by atoms with Crippen molar-refractivity contribution < 1.29 is 5.11 Å². The number of rotatable bonds is 1. The van der Waals surface area contributed by atoms with Gasteiger partial charge in [-0.1, -0.05) is 12.1 Å². The lowest BCUT2D eigenvalue weighted by Gasteiger charge is -2.02. The zero-order chi connectivity index (χ0) is 7.56. The van der Waals surface area contributed by atoms with Gasteiger partial charge in [-0.05, 0) is 24.8 Å². The summed E-state index contributed by atoms with van der Waals surface area (Å²) in [5.74, 6) is 0.382. The van der Waals surface area contributed by atoms with Gasteiger partial charge in [0, 0.05) is 0 Å². The molecule has 0 atom stereocenters. The van der Waals surface area contributed by atoms with Gasteiger partial charge in [-0.2, -0.15) is 0 Å². The highest BCUT2D eigenvalue weighted by Gasteiger charge is 2.00. The van der Waals surface area contributed by atoms with E-state index in [2.05, 4.69) is 0 Å². The van der Waals surface area contributed by atoms with E-state index in [-0.39, 0.29) is 0 Å². The SMILES string of the molecule is CSc1c(C)cccc1O. The Labute approximate surface area is 65.1 Å². The molecule has 0 spiro atoms. The molecule has 0 fully saturated rings. The van der Waals surface area contributed by atoms with Crippen LogP contribution >= 0.6 is 11.8 Å². The lowest BCUT2D eigenvalue weighted by molar-refractivity contribution is 0.461. The molecule has 1 N–H and O–H groups in total. The van der Waals surface area contributed by atoms with E-state index in [0.717, 1.165) is 10.5 Å². The summed E-state index contributed by atoms with van der Waals surface area (Å²) in [5.41, 5.74) is 1.13. The van der Waals surface area contributed by atoms with Gasteiger partial charge in [0.1, 0.15) is 5.75 Å². The van der Waals surface area contributed by atoms with Gasteiger partial charge in [-0.25, -0.2) is 0 Å². The first kappa shape index (κ1) is 7.48. The van der Waals surface area contributed by atoms with Crippen LogP contribution in [0.2, 0.25) is 0 Å². The zero-order valence-corrected chi connectivity index (χ0v) is 6.90. The van der Waals surface area contributed by atoms with Crippen LogP contribution in [0.5, 0.6) is 5.75 Å². The molecule has 54 valence electrons. The lowest BCUT2D eigenvalue weighted by atomic mass is 10.2. The first-order valence-electron chi connectivity index (χ1n) is 3.08. The first-order valence-corrected chi connectivity index (χ1v) is 4.30. The molecule has 0 saturated heterocycles. The van der Waals surface area contributed by atoms with Crippen molar-refractivity contribution in [3.05, 3.63) is 23.8 Å². The topological polar surface area (TPSA) is 20.2 Å². The van der Waals surface area contributed by atoms with Gasteiger partial charge in [-0.15, -0.1) is 11.8 Å². The van der Waals surface area contributed by atoms with Crippen LogP contribution in [0, 0.1) is 6.92 Å². The van der Waals surface area contributed by atoms with E-state index < -0.39 is 0 Å². The summed E-state index contributed by atoms with van der Waals surface area (Å²) in [4.78, 5) is 0.975. The van der Waals surface area contributed by atoms with Crippen molar-refractivity contribution in [2.45, 2.75) is 11.8 Å². The maximum Gasteiger partial charge on any atom is 0.129 e. The van der Waals surface area contributed by atoms with Crippen LogP contribution in [0.15, 0.2) is 23.1 Å². The number of hydrogen-bond acceptors (Lipinski definition) is 2. The van der Waals surface area contributed by atoms with Crippen molar-refractivity contribution in [1.82, 2.24) is 0 Å². The smallest absolute Gasteiger partial charge is 0.129 e. The predicted molar refractivity (Wildman–Crippen MR) is 44.6 cm³/mol. The Kier molecular flexibility index (Phi) is 2.22. The van der Waals surface area contributed by atoms with Crippen molar-refractivity contribution in [1.29, 1.82) is 0 Å². The summed E-state index contributed by atoms with van der Waals surface area (Å²) in [6.07, 6.45) is 1.96. The first-order chi connectivity index (χ1) is 4.75. The molecule has 0 heterocycles. The second kappa shape index (κ2) is 2.97. The monoisotopic (exact) mass is 154 g/mol. The van der Waals surface area contributed by atoms with Gasteiger partial charge in [-0.3, -0.25) is 0 Å². The van der Waals surface area contributed by atoms with E-state index in [4.69, 9.17) is 0 Å². The normalized spacial score (nSPS) is 9.80. The zero-order valence-electron chi connectivity index (χ0n) is 6.09. The average molecular weight is 154 g/mol. The van der Waals surface area contributed by atoms with Gasteiger partial charge in [0.15, 0.2) is 0 Å². The lowest BCUT2D eigenvalue weighted by Crippen LogP contribution is -1.77. The molecule has 0 aliphatic heterocycles. The third-order valence-electron chi connectivity index (χ3n) is 1.40. The molecule has 0 aromatic heterocycles. The summed E-state index contributed by atoms with van der Waals surface area (Å²) in [5, 5.41) is 9.27. The number of thioether (sulfide) groups is 1. The van der Waals surface area contributed by atoms with Gasteiger partial charge in [0.05, 0.1) is 4.90 Å².